The molecule has 16 heavy (non-hydrogen) atoms. The van der Waals surface area contributed by atoms with Crippen molar-refractivity contribution >= 4 is 5.96 Å². The lowest BCUT2D eigenvalue weighted by molar-refractivity contribution is 0.0310. The zero-order valence-electron chi connectivity index (χ0n) is 10.7. The van der Waals surface area contributed by atoms with Gasteiger partial charge in [0.05, 0.1) is 12.1 Å². The highest BCUT2D eigenvalue weighted by molar-refractivity contribution is 5.79. The van der Waals surface area contributed by atoms with E-state index in [4.69, 9.17) is 15.3 Å². The largest absolute Gasteiger partial charge is 0.385 e. The molecule has 4 N–H and O–H groups in total. The molecule has 0 unspecified atom stereocenters. The van der Waals surface area contributed by atoms with Crippen molar-refractivity contribution in [3.63, 3.8) is 0 Å². The third-order valence-corrected chi connectivity index (χ3v) is 2.12. The first-order valence-electron chi connectivity index (χ1n) is 5.34. The number of methoxy groups -OCH3 is 2. The van der Waals surface area contributed by atoms with Gasteiger partial charge in [0.25, 0.3) is 0 Å². The third-order valence-electron chi connectivity index (χ3n) is 2.12. The van der Waals surface area contributed by atoms with E-state index in [1.807, 2.05) is 13.8 Å². The standard InChI is InChI=1S/C10H24N4O2/c1-10(2,16-4)8-13-9(14-11)12-6-5-7-15-3/h5-8,11H2,1-4H3,(H2,12,13,14). The first-order chi connectivity index (χ1) is 7.55. The lowest BCUT2D eigenvalue weighted by atomic mass is 10.1. The van der Waals surface area contributed by atoms with Crippen LogP contribution in [0.3, 0.4) is 0 Å². The van der Waals surface area contributed by atoms with Crippen LogP contribution in [0.25, 0.3) is 0 Å². The van der Waals surface area contributed by atoms with Crippen LogP contribution in [-0.2, 0) is 9.47 Å². The van der Waals surface area contributed by atoms with Gasteiger partial charge in [-0.05, 0) is 20.3 Å². The van der Waals surface area contributed by atoms with E-state index in [2.05, 4.69) is 15.7 Å². The van der Waals surface area contributed by atoms with Crippen LogP contribution in [0.1, 0.15) is 20.3 Å². The molecule has 0 aromatic carbocycles. The van der Waals surface area contributed by atoms with Crippen LogP contribution in [0.5, 0.6) is 0 Å². The van der Waals surface area contributed by atoms with Gasteiger partial charge in [-0.15, -0.1) is 0 Å². The number of nitrogens with two attached hydrogens (primary N) is 1. The second-order valence-electron chi connectivity index (χ2n) is 4.05. The zero-order chi connectivity index (χ0) is 12.4. The molecule has 6 heteroatoms. The van der Waals surface area contributed by atoms with Crippen LogP contribution in [0.4, 0.5) is 0 Å². The Morgan fingerprint density at radius 1 is 1.38 bits per heavy atom. The minimum absolute atomic E-state index is 0.281. The number of nitrogens with zero attached hydrogens (tertiary/aromatic N) is 1. The lowest BCUT2D eigenvalue weighted by Gasteiger charge is -2.20. The van der Waals surface area contributed by atoms with Gasteiger partial charge in [-0.3, -0.25) is 5.43 Å². The molecule has 0 aliphatic rings. The van der Waals surface area contributed by atoms with Crippen LogP contribution in [-0.4, -0.2) is 45.5 Å². The molecule has 0 saturated heterocycles. The summed E-state index contributed by atoms with van der Waals surface area (Å²) in [6, 6.07) is 0. The summed E-state index contributed by atoms with van der Waals surface area (Å²) in [6.07, 6.45) is 0.908. The van der Waals surface area contributed by atoms with Gasteiger partial charge in [0, 0.05) is 27.4 Å². The quantitative estimate of drug-likeness (QED) is 0.187. The highest BCUT2D eigenvalue weighted by Crippen LogP contribution is 2.06. The third kappa shape index (κ3) is 7.44. The molecule has 0 rings (SSSR count). The fraction of sp³-hybridized carbons (Fsp3) is 0.900. The van der Waals surface area contributed by atoms with Gasteiger partial charge in [-0.2, -0.15) is 0 Å². The molecule has 0 amide bonds. The van der Waals surface area contributed by atoms with Gasteiger partial charge in [-0.25, -0.2) is 10.8 Å². The Bertz CT molecular complexity index is 207. The van der Waals surface area contributed by atoms with Crippen molar-refractivity contribution in [3.8, 4) is 0 Å². The summed E-state index contributed by atoms with van der Waals surface area (Å²) in [5.41, 5.74) is 2.24. The van der Waals surface area contributed by atoms with Gasteiger partial charge in [0.2, 0.25) is 5.96 Å². The number of guanidine groups is 1. The number of nitrogens with one attached hydrogen (secondary N) is 2. The Morgan fingerprint density at radius 3 is 2.56 bits per heavy atom. The van der Waals surface area contributed by atoms with E-state index >= 15 is 0 Å². The van der Waals surface area contributed by atoms with Gasteiger partial charge in [-0.1, -0.05) is 0 Å². The molecule has 0 atom stereocenters. The summed E-state index contributed by atoms with van der Waals surface area (Å²) >= 11 is 0. The average molecular weight is 232 g/mol. The summed E-state index contributed by atoms with van der Waals surface area (Å²) in [7, 11) is 3.34. The van der Waals surface area contributed by atoms with Gasteiger partial charge < -0.3 is 14.8 Å². The van der Waals surface area contributed by atoms with E-state index in [0.29, 0.717) is 19.1 Å². The highest BCUT2D eigenvalue weighted by atomic mass is 16.5. The van der Waals surface area contributed by atoms with Gasteiger partial charge in [0.15, 0.2) is 0 Å². The predicted octanol–water partition coefficient (Wildman–Crippen LogP) is -0.143. The van der Waals surface area contributed by atoms with Crippen molar-refractivity contribution in [2.45, 2.75) is 25.9 Å². The van der Waals surface area contributed by atoms with Crippen molar-refractivity contribution in [3.05, 3.63) is 0 Å². The van der Waals surface area contributed by atoms with Crippen molar-refractivity contribution < 1.29 is 9.47 Å². The Kier molecular flexibility index (Phi) is 7.88. The van der Waals surface area contributed by atoms with Crippen LogP contribution < -0.4 is 16.6 Å². The van der Waals surface area contributed by atoms with E-state index in [0.717, 1.165) is 13.0 Å². The van der Waals surface area contributed by atoms with Crippen LogP contribution in [0.2, 0.25) is 0 Å². The first kappa shape index (κ1) is 15.2. The molecule has 0 radical (unpaired) electrons. The smallest absolute Gasteiger partial charge is 0.205 e. The summed E-state index contributed by atoms with van der Waals surface area (Å²) in [4.78, 5) is 4.29. The Labute approximate surface area is 97.6 Å². The lowest BCUT2D eigenvalue weighted by Crippen LogP contribution is -2.43. The summed E-state index contributed by atoms with van der Waals surface area (Å²) in [5, 5.41) is 3.08. The normalized spacial score (nSPS) is 12.7. The first-order valence-corrected chi connectivity index (χ1v) is 5.34. The fourth-order valence-corrected chi connectivity index (χ4v) is 0.910. The van der Waals surface area contributed by atoms with Crippen molar-refractivity contribution in [2.24, 2.45) is 10.8 Å². The van der Waals surface area contributed by atoms with E-state index < -0.39 is 0 Å². The zero-order valence-corrected chi connectivity index (χ0v) is 10.7. The van der Waals surface area contributed by atoms with Crippen LogP contribution in [0.15, 0.2) is 4.99 Å². The van der Waals surface area contributed by atoms with E-state index in [1.165, 1.54) is 0 Å². The maximum absolute atomic E-state index is 5.34. The second-order valence-corrected chi connectivity index (χ2v) is 4.05. The van der Waals surface area contributed by atoms with Gasteiger partial charge >= 0.3 is 0 Å². The molecule has 6 nitrogen and oxygen atoms in total. The minimum atomic E-state index is -0.281. The molecule has 0 spiro atoms. The van der Waals surface area contributed by atoms with Gasteiger partial charge in [0.1, 0.15) is 0 Å². The summed E-state index contributed by atoms with van der Waals surface area (Å²) < 4.78 is 10.2. The van der Waals surface area contributed by atoms with Crippen LogP contribution >= 0.6 is 0 Å². The molecular weight excluding hydrogens is 208 g/mol. The second kappa shape index (κ2) is 8.32. The summed E-state index contributed by atoms with van der Waals surface area (Å²) in [5.74, 6) is 5.91. The highest BCUT2D eigenvalue weighted by Gasteiger charge is 2.15. The van der Waals surface area contributed by atoms with E-state index in [1.54, 1.807) is 14.2 Å². The SMILES string of the molecule is COCCCNC(=NCC(C)(C)OC)NN. The molecule has 0 bridgehead atoms. The van der Waals surface area contributed by atoms with E-state index in [9.17, 15) is 0 Å². The Hall–Kier alpha value is -0.850. The Balaban J connectivity index is 3.92. The number of hydrazine groups is 1. The van der Waals surface area contributed by atoms with Crippen molar-refractivity contribution in [1.82, 2.24) is 10.7 Å². The minimum Gasteiger partial charge on any atom is -0.385 e. The fourth-order valence-electron chi connectivity index (χ4n) is 0.910. The maximum Gasteiger partial charge on any atom is 0.205 e. The number of rotatable bonds is 7. The number of ether oxygens (including phenoxy) is 2. The van der Waals surface area contributed by atoms with Crippen molar-refractivity contribution in [1.29, 1.82) is 0 Å². The molecule has 0 heterocycles. The molecule has 0 aromatic heterocycles. The number of hydrogen-bond acceptors (Lipinski definition) is 4. The molecule has 96 valence electrons. The average Bonchev–Trinajstić information content (AvgIpc) is 2.28. The number of hydrogen-bond donors (Lipinski definition) is 3. The molecule has 0 saturated carbocycles. The molecule has 0 aliphatic heterocycles. The predicted molar refractivity (Wildman–Crippen MR) is 65.2 cm³/mol. The van der Waals surface area contributed by atoms with Crippen LogP contribution in [0, 0.1) is 0 Å². The maximum atomic E-state index is 5.34. The van der Waals surface area contributed by atoms with E-state index in [-0.39, 0.29) is 5.60 Å². The monoisotopic (exact) mass is 232 g/mol. The molecule has 0 aliphatic carbocycles. The molecule has 0 aromatic rings. The summed E-state index contributed by atoms with van der Waals surface area (Å²) in [6.45, 7) is 5.96. The number of aliphatic imine (C=N–C) groups is 1. The molecular formula is C10H24N4O2. The Morgan fingerprint density at radius 2 is 2.06 bits per heavy atom. The van der Waals surface area contributed by atoms with Crippen molar-refractivity contribution in [2.75, 3.05) is 33.9 Å². The topological polar surface area (TPSA) is 80.9 Å². The molecule has 0 fully saturated rings.